The van der Waals surface area contributed by atoms with Crippen LogP contribution >= 0.6 is 0 Å². The highest BCUT2D eigenvalue weighted by molar-refractivity contribution is 5.74. The number of likely N-dealkylation sites (tertiary alicyclic amines) is 1. The van der Waals surface area contributed by atoms with Gasteiger partial charge in [-0.2, -0.15) is 0 Å². The molecule has 152 valence electrons. The Kier molecular flexibility index (Phi) is 5.93. The highest BCUT2D eigenvalue weighted by atomic mass is 16.5. The number of hydrogen-bond donors (Lipinski definition) is 1. The number of urea groups is 1. The predicted molar refractivity (Wildman–Crippen MR) is 111 cm³/mol. The maximum atomic E-state index is 12.5. The van der Waals surface area contributed by atoms with Crippen LogP contribution in [-0.2, 0) is 6.54 Å². The summed E-state index contributed by atoms with van der Waals surface area (Å²) in [6.07, 6.45) is 4.78. The monoisotopic (exact) mass is 393 g/mol. The van der Waals surface area contributed by atoms with E-state index in [1.807, 2.05) is 58.0 Å². The zero-order valence-corrected chi connectivity index (χ0v) is 16.8. The van der Waals surface area contributed by atoms with Gasteiger partial charge in [0.25, 0.3) is 0 Å². The Hall–Kier alpha value is -3.09. The summed E-state index contributed by atoms with van der Waals surface area (Å²) in [5.74, 6) is 2.18. The first-order chi connectivity index (χ1) is 14.2. The predicted octanol–water partition coefficient (Wildman–Crippen LogP) is 3.61. The van der Waals surface area contributed by atoms with Gasteiger partial charge in [-0.3, -0.25) is 4.40 Å². The third kappa shape index (κ3) is 4.50. The smallest absolute Gasteiger partial charge is 0.317 e. The van der Waals surface area contributed by atoms with Gasteiger partial charge in [0.15, 0.2) is 5.65 Å². The molecule has 7 heteroatoms. The molecule has 2 amide bonds. The quantitative estimate of drug-likeness (QED) is 0.694. The van der Waals surface area contributed by atoms with Gasteiger partial charge in [-0.25, -0.2) is 4.79 Å². The van der Waals surface area contributed by atoms with Gasteiger partial charge in [0.2, 0.25) is 0 Å². The van der Waals surface area contributed by atoms with E-state index < -0.39 is 0 Å². The molecular weight excluding hydrogens is 366 g/mol. The van der Waals surface area contributed by atoms with Crippen molar-refractivity contribution in [2.45, 2.75) is 38.6 Å². The summed E-state index contributed by atoms with van der Waals surface area (Å²) in [7, 11) is 0. The number of fused-ring (bicyclic) bond motifs is 1. The Morgan fingerprint density at radius 1 is 1.14 bits per heavy atom. The lowest BCUT2D eigenvalue weighted by Crippen LogP contribution is -2.44. The highest BCUT2D eigenvalue weighted by Gasteiger charge is 2.26. The van der Waals surface area contributed by atoms with E-state index >= 15 is 0 Å². The summed E-state index contributed by atoms with van der Waals surface area (Å²) in [5.41, 5.74) is 1.93. The fraction of sp³-hybridized carbons (Fsp3) is 0.409. The van der Waals surface area contributed by atoms with Gasteiger partial charge in [0, 0.05) is 31.7 Å². The number of ether oxygens (including phenoxy) is 1. The van der Waals surface area contributed by atoms with Crippen LogP contribution in [0.3, 0.4) is 0 Å². The third-order valence-electron chi connectivity index (χ3n) is 5.33. The molecule has 1 N–H and O–H groups in total. The molecule has 0 aliphatic carbocycles. The van der Waals surface area contributed by atoms with Crippen LogP contribution in [0.15, 0.2) is 48.7 Å². The number of carbonyl (C=O) groups excluding carboxylic acids is 1. The molecule has 1 fully saturated rings. The summed E-state index contributed by atoms with van der Waals surface area (Å²) in [4.78, 5) is 14.4. The Labute approximate surface area is 170 Å². The number of piperidine rings is 1. The van der Waals surface area contributed by atoms with E-state index in [0.29, 0.717) is 12.5 Å². The molecule has 29 heavy (non-hydrogen) atoms. The average Bonchev–Trinajstić information content (AvgIpc) is 3.21. The Bertz CT molecular complexity index is 945. The third-order valence-corrected chi connectivity index (χ3v) is 5.33. The second-order valence-corrected chi connectivity index (χ2v) is 7.40. The van der Waals surface area contributed by atoms with Crippen LogP contribution in [0.2, 0.25) is 0 Å². The lowest BCUT2D eigenvalue weighted by Gasteiger charge is -2.31. The number of pyridine rings is 1. The van der Waals surface area contributed by atoms with Gasteiger partial charge >= 0.3 is 6.03 Å². The van der Waals surface area contributed by atoms with Crippen LogP contribution in [0.1, 0.15) is 43.5 Å². The molecule has 2 aromatic heterocycles. The van der Waals surface area contributed by atoms with Gasteiger partial charge in [0.05, 0.1) is 6.61 Å². The number of nitrogens with one attached hydrogen (secondary N) is 1. The minimum atomic E-state index is -0.0131. The van der Waals surface area contributed by atoms with E-state index in [1.54, 1.807) is 0 Å². The number of nitrogens with zero attached hydrogens (tertiary/aromatic N) is 4. The molecule has 0 spiro atoms. The summed E-state index contributed by atoms with van der Waals surface area (Å²) in [5, 5.41) is 11.6. The van der Waals surface area contributed by atoms with Crippen molar-refractivity contribution in [3.63, 3.8) is 0 Å². The van der Waals surface area contributed by atoms with Crippen LogP contribution < -0.4 is 10.1 Å². The van der Waals surface area contributed by atoms with Gasteiger partial charge in [-0.05, 0) is 49.1 Å². The Morgan fingerprint density at radius 3 is 2.69 bits per heavy atom. The number of aromatic nitrogens is 3. The second-order valence-electron chi connectivity index (χ2n) is 7.40. The summed E-state index contributed by atoms with van der Waals surface area (Å²) in [6.45, 7) is 4.77. The van der Waals surface area contributed by atoms with E-state index in [4.69, 9.17) is 4.74 Å². The zero-order chi connectivity index (χ0) is 20.1. The molecule has 0 saturated carbocycles. The number of hydrogen-bond acceptors (Lipinski definition) is 4. The zero-order valence-electron chi connectivity index (χ0n) is 16.8. The average molecular weight is 393 g/mol. The number of carbonyl (C=O) groups is 1. The summed E-state index contributed by atoms with van der Waals surface area (Å²) >= 11 is 0. The molecule has 1 saturated heterocycles. The van der Waals surface area contributed by atoms with Crippen molar-refractivity contribution in [3.05, 3.63) is 60.0 Å². The van der Waals surface area contributed by atoms with E-state index in [-0.39, 0.29) is 6.03 Å². The minimum Gasteiger partial charge on any atom is -0.494 e. The fourth-order valence-electron chi connectivity index (χ4n) is 3.69. The van der Waals surface area contributed by atoms with Gasteiger partial charge < -0.3 is 15.0 Å². The molecule has 4 rings (SSSR count). The highest BCUT2D eigenvalue weighted by Crippen LogP contribution is 2.27. The number of amides is 2. The van der Waals surface area contributed by atoms with E-state index in [2.05, 4.69) is 22.4 Å². The van der Waals surface area contributed by atoms with E-state index in [9.17, 15) is 4.79 Å². The normalized spacial score (nSPS) is 14.9. The van der Waals surface area contributed by atoms with Crippen LogP contribution in [-0.4, -0.2) is 45.2 Å². The molecule has 0 unspecified atom stereocenters. The van der Waals surface area contributed by atoms with Crippen molar-refractivity contribution in [2.75, 3.05) is 19.7 Å². The van der Waals surface area contributed by atoms with Crippen molar-refractivity contribution in [1.82, 2.24) is 24.8 Å². The molecule has 3 aromatic rings. The fourth-order valence-corrected chi connectivity index (χ4v) is 3.69. The van der Waals surface area contributed by atoms with Crippen LogP contribution in [0.4, 0.5) is 4.79 Å². The number of benzene rings is 1. The van der Waals surface area contributed by atoms with Gasteiger partial charge in [0.1, 0.15) is 11.6 Å². The van der Waals surface area contributed by atoms with Gasteiger partial charge in [-0.1, -0.05) is 25.1 Å². The standard InChI is InChI=1S/C22H27N5O2/c1-2-15-29-19-8-6-17(7-9-19)16-23-22(28)26-13-10-18(11-14-26)21-25-24-20-5-3-4-12-27(20)21/h3-9,12,18H,2,10-11,13-16H2,1H3,(H,23,28). The van der Waals surface area contributed by atoms with Crippen molar-refractivity contribution < 1.29 is 9.53 Å². The maximum Gasteiger partial charge on any atom is 0.317 e. The molecule has 0 bridgehead atoms. The Balaban J connectivity index is 1.27. The van der Waals surface area contributed by atoms with Crippen LogP contribution in [0.5, 0.6) is 5.75 Å². The maximum absolute atomic E-state index is 12.5. The van der Waals surface area contributed by atoms with E-state index in [1.165, 1.54) is 0 Å². The first kappa shape index (κ1) is 19.2. The molecular formula is C22H27N5O2. The molecule has 7 nitrogen and oxygen atoms in total. The van der Waals surface area contributed by atoms with Gasteiger partial charge in [-0.15, -0.1) is 10.2 Å². The largest absolute Gasteiger partial charge is 0.494 e. The SMILES string of the molecule is CCCOc1ccc(CNC(=O)N2CCC(c3nnc4ccccn34)CC2)cc1. The molecule has 3 heterocycles. The van der Waals surface area contributed by atoms with Crippen molar-refractivity contribution in [2.24, 2.45) is 0 Å². The van der Waals surface area contributed by atoms with Crippen molar-refractivity contribution in [3.8, 4) is 5.75 Å². The molecule has 0 atom stereocenters. The first-order valence-electron chi connectivity index (χ1n) is 10.3. The molecule has 1 aliphatic rings. The van der Waals surface area contributed by atoms with E-state index in [0.717, 1.165) is 61.7 Å². The number of rotatable bonds is 6. The lowest BCUT2D eigenvalue weighted by molar-refractivity contribution is 0.180. The first-order valence-corrected chi connectivity index (χ1v) is 10.3. The summed E-state index contributed by atoms with van der Waals surface area (Å²) in [6, 6.07) is 13.8. The molecule has 1 aliphatic heterocycles. The molecule has 0 radical (unpaired) electrons. The summed E-state index contributed by atoms with van der Waals surface area (Å²) < 4.78 is 7.64. The van der Waals surface area contributed by atoms with Crippen LogP contribution in [0, 0.1) is 0 Å². The second kappa shape index (κ2) is 8.94. The Morgan fingerprint density at radius 2 is 1.93 bits per heavy atom. The lowest BCUT2D eigenvalue weighted by atomic mass is 9.96. The van der Waals surface area contributed by atoms with Crippen molar-refractivity contribution >= 4 is 11.7 Å². The topological polar surface area (TPSA) is 71.8 Å². The van der Waals surface area contributed by atoms with Crippen LogP contribution in [0.25, 0.3) is 5.65 Å². The molecule has 1 aromatic carbocycles. The minimum absolute atomic E-state index is 0.0131. The van der Waals surface area contributed by atoms with Crippen molar-refractivity contribution in [1.29, 1.82) is 0 Å².